The van der Waals surface area contributed by atoms with E-state index in [0.717, 1.165) is 5.69 Å². The van der Waals surface area contributed by atoms with Crippen LogP contribution in [0, 0.1) is 0 Å². The van der Waals surface area contributed by atoms with E-state index in [4.69, 9.17) is 4.74 Å². The SMILES string of the molecule is CCOCc1ccon1. The third-order valence-electron chi connectivity index (χ3n) is 0.945. The molecule has 1 aromatic heterocycles. The van der Waals surface area contributed by atoms with Crippen molar-refractivity contribution in [1.29, 1.82) is 0 Å². The van der Waals surface area contributed by atoms with Gasteiger partial charge in [-0.3, -0.25) is 0 Å². The van der Waals surface area contributed by atoms with Crippen LogP contribution in [-0.2, 0) is 11.3 Å². The van der Waals surface area contributed by atoms with Gasteiger partial charge in [-0.1, -0.05) is 5.16 Å². The van der Waals surface area contributed by atoms with Crippen LogP contribution in [0.2, 0.25) is 0 Å². The van der Waals surface area contributed by atoms with E-state index >= 15 is 0 Å². The summed E-state index contributed by atoms with van der Waals surface area (Å²) < 4.78 is 9.64. The molecule has 1 aromatic rings. The first kappa shape index (κ1) is 6.29. The summed E-state index contributed by atoms with van der Waals surface area (Å²) in [5.41, 5.74) is 0.844. The maximum absolute atomic E-state index is 5.06. The van der Waals surface area contributed by atoms with Gasteiger partial charge in [0.25, 0.3) is 0 Å². The highest BCUT2D eigenvalue weighted by atomic mass is 16.5. The summed E-state index contributed by atoms with van der Waals surface area (Å²) in [6.45, 7) is 3.21. The molecule has 0 unspecified atom stereocenters. The second-order valence-corrected chi connectivity index (χ2v) is 1.63. The van der Waals surface area contributed by atoms with E-state index in [-0.39, 0.29) is 0 Å². The van der Waals surface area contributed by atoms with Crippen LogP contribution in [0.1, 0.15) is 12.6 Å². The predicted molar refractivity (Wildman–Crippen MR) is 31.8 cm³/mol. The zero-order chi connectivity index (χ0) is 6.53. The minimum atomic E-state index is 0.549. The Kier molecular flexibility index (Phi) is 2.27. The minimum Gasteiger partial charge on any atom is -0.375 e. The van der Waals surface area contributed by atoms with E-state index in [1.165, 1.54) is 6.26 Å². The Morgan fingerprint density at radius 2 is 2.67 bits per heavy atom. The zero-order valence-electron chi connectivity index (χ0n) is 5.33. The van der Waals surface area contributed by atoms with Gasteiger partial charge in [0.15, 0.2) is 0 Å². The summed E-state index contributed by atoms with van der Waals surface area (Å²) in [4.78, 5) is 0. The summed E-state index contributed by atoms with van der Waals surface area (Å²) in [7, 11) is 0. The molecule has 0 spiro atoms. The average molecular weight is 127 g/mol. The smallest absolute Gasteiger partial charge is 0.124 e. The number of aromatic nitrogens is 1. The highest BCUT2D eigenvalue weighted by Crippen LogP contribution is 1.95. The summed E-state index contributed by atoms with van der Waals surface area (Å²) in [6, 6.07) is 1.79. The minimum absolute atomic E-state index is 0.549. The van der Waals surface area contributed by atoms with Crippen LogP contribution in [0.15, 0.2) is 16.9 Å². The van der Waals surface area contributed by atoms with Gasteiger partial charge in [0, 0.05) is 12.7 Å². The Balaban J connectivity index is 2.30. The number of nitrogens with zero attached hydrogens (tertiary/aromatic N) is 1. The fourth-order valence-electron chi connectivity index (χ4n) is 0.519. The third-order valence-corrected chi connectivity index (χ3v) is 0.945. The van der Waals surface area contributed by atoms with E-state index in [2.05, 4.69) is 9.68 Å². The molecule has 3 heteroatoms. The quantitative estimate of drug-likeness (QED) is 0.612. The maximum atomic E-state index is 5.06. The van der Waals surface area contributed by atoms with Crippen LogP contribution < -0.4 is 0 Å². The van der Waals surface area contributed by atoms with Crippen LogP contribution in [0.4, 0.5) is 0 Å². The van der Waals surface area contributed by atoms with Gasteiger partial charge >= 0.3 is 0 Å². The lowest BCUT2D eigenvalue weighted by Gasteiger charge is -1.92. The standard InChI is InChI=1S/C6H9NO2/c1-2-8-5-6-3-4-9-7-6/h3-4H,2,5H2,1H3. The number of hydrogen-bond donors (Lipinski definition) is 0. The highest BCUT2D eigenvalue weighted by Gasteiger charge is 1.92. The first-order valence-corrected chi connectivity index (χ1v) is 2.90. The Hall–Kier alpha value is -0.830. The van der Waals surface area contributed by atoms with Crippen molar-refractivity contribution < 1.29 is 9.26 Å². The predicted octanol–water partition coefficient (Wildman–Crippen LogP) is 1.21. The lowest BCUT2D eigenvalue weighted by Crippen LogP contribution is -1.90. The molecule has 0 saturated heterocycles. The molecule has 0 N–H and O–H groups in total. The van der Waals surface area contributed by atoms with Crippen molar-refractivity contribution in [3.8, 4) is 0 Å². The molecule has 0 aliphatic heterocycles. The Morgan fingerprint density at radius 3 is 3.22 bits per heavy atom. The number of ether oxygens (including phenoxy) is 1. The van der Waals surface area contributed by atoms with Crippen molar-refractivity contribution in [3.63, 3.8) is 0 Å². The zero-order valence-corrected chi connectivity index (χ0v) is 5.33. The average Bonchev–Trinajstić information content (AvgIpc) is 2.34. The molecular formula is C6H9NO2. The first-order valence-electron chi connectivity index (χ1n) is 2.90. The number of rotatable bonds is 3. The molecule has 0 aliphatic carbocycles. The van der Waals surface area contributed by atoms with Gasteiger partial charge in [-0.2, -0.15) is 0 Å². The normalized spacial score (nSPS) is 9.89. The lowest BCUT2D eigenvalue weighted by molar-refractivity contribution is 0.128. The van der Waals surface area contributed by atoms with E-state index in [0.29, 0.717) is 13.2 Å². The molecule has 0 aliphatic rings. The third kappa shape index (κ3) is 1.85. The van der Waals surface area contributed by atoms with Gasteiger partial charge in [-0.05, 0) is 6.92 Å². The molecule has 3 nitrogen and oxygen atoms in total. The van der Waals surface area contributed by atoms with Crippen molar-refractivity contribution in [2.24, 2.45) is 0 Å². The maximum Gasteiger partial charge on any atom is 0.124 e. The van der Waals surface area contributed by atoms with Crippen molar-refractivity contribution >= 4 is 0 Å². The van der Waals surface area contributed by atoms with Gasteiger partial charge in [0.1, 0.15) is 12.0 Å². The molecule has 1 rings (SSSR count). The number of hydrogen-bond acceptors (Lipinski definition) is 3. The Morgan fingerprint density at radius 1 is 1.78 bits per heavy atom. The van der Waals surface area contributed by atoms with Crippen molar-refractivity contribution in [1.82, 2.24) is 5.16 Å². The van der Waals surface area contributed by atoms with Gasteiger partial charge in [-0.25, -0.2) is 0 Å². The summed E-state index contributed by atoms with van der Waals surface area (Å²) in [5, 5.41) is 3.65. The van der Waals surface area contributed by atoms with E-state index in [9.17, 15) is 0 Å². The molecule has 0 radical (unpaired) electrons. The van der Waals surface area contributed by atoms with Crippen molar-refractivity contribution in [2.75, 3.05) is 6.61 Å². The molecule has 50 valence electrons. The van der Waals surface area contributed by atoms with Gasteiger partial charge in [0.2, 0.25) is 0 Å². The summed E-state index contributed by atoms with van der Waals surface area (Å²) in [5.74, 6) is 0. The molecule has 0 saturated carbocycles. The van der Waals surface area contributed by atoms with E-state index < -0.39 is 0 Å². The second kappa shape index (κ2) is 3.25. The topological polar surface area (TPSA) is 35.3 Å². The van der Waals surface area contributed by atoms with Crippen molar-refractivity contribution in [3.05, 3.63) is 18.0 Å². The molecule has 0 fully saturated rings. The lowest BCUT2D eigenvalue weighted by atomic mass is 10.5. The molecule has 9 heavy (non-hydrogen) atoms. The van der Waals surface area contributed by atoms with Crippen LogP contribution >= 0.6 is 0 Å². The second-order valence-electron chi connectivity index (χ2n) is 1.63. The molecule has 0 aromatic carbocycles. The Labute approximate surface area is 53.6 Å². The first-order chi connectivity index (χ1) is 4.43. The monoisotopic (exact) mass is 127 g/mol. The van der Waals surface area contributed by atoms with Gasteiger partial charge in [0.05, 0.1) is 6.61 Å². The molecule has 1 heterocycles. The molecule has 0 amide bonds. The van der Waals surface area contributed by atoms with Crippen molar-refractivity contribution in [2.45, 2.75) is 13.5 Å². The van der Waals surface area contributed by atoms with E-state index in [1.54, 1.807) is 6.07 Å². The fraction of sp³-hybridized carbons (Fsp3) is 0.500. The van der Waals surface area contributed by atoms with E-state index in [1.807, 2.05) is 6.92 Å². The Bertz CT molecular complexity index is 148. The molecular weight excluding hydrogens is 118 g/mol. The largest absolute Gasteiger partial charge is 0.375 e. The van der Waals surface area contributed by atoms with Gasteiger partial charge in [-0.15, -0.1) is 0 Å². The molecule has 0 bridgehead atoms. The van der Waals surface area contributed by atoms with Crippen LogP contribution in [0.25, 0.3) is 0 Å². The van der Waals surface area contributed by atoms with Crippen LogP contribution in [-0.4, -0.2) is 11.8 Å². The van der Waals surface area contributed by atoms with Crippen LogP contribution in [0.3, 0.4) is 0 Å². The summed E-state index contributed by atoms with van der Waals surface area (Å²) >= 11 is 0. The fourth-order valence-corrected chi connectivity index (χ4v) is 0.519. The highest BCUT2D eigenvalue weighted by molar-refractivity contribution is 4.92. The van der Waals surface area contributed by atoms with Crippen LogP contribution in [0.5, 0.6) is 0 Å². The molecule has 0 atom stereocenters. The summed E-state index contributed by atoms with van der Waals surface area (Å²) in [6.07, 6.45) is 1.54. The van der Waals surface area contributed by atoms with Gasteiger partial charge < -0.3 is 9.26 Å².